The van der Waals surface area contributed by atoms with Gasteiger partial charge in [-0.3, -0.25) is 14.2 Å². The molecule has 27 heavy (non-hydrogen) atoms. The summed E-state index contributed by atoms with van der Waals surface area (Å²) in [6, 6.07) is 6.04. The molecule has 0 aliphatic rings. The van der Waals surface area contributed by atoms with Crippen molar-refractivity contribution in [2.24, 2.45) is 0 Å². The third kappa shape index (κ3) is 5.51. The van der Waals surface area contributed by atoms with Gasteiger partial charge in [0.15, 0.2) is 11.0 Å². The number of halogens is 1. The Bertz CT molecular complexity index is 794. The molecule has 0 aliphatic carbocycles. The largest absolute Gasteiger partial charge is 0.468 e. The molecule has 0 saturated heterocycles. The maximum Gasteiger partial charge on any atom is 0.325 e. The molecule has 1 amide bonds. The van der Waals surface area contributed by atoms with Crippen molar-refractivity contribution in [1.82, 2.24) is 20.1 Å². The van der Waals surface area contributed by atoms with Crippen LogP contribution < -0.4 is 10.2 Å². The molecule has 0 unspecified atom stereocenters. The number of thioether (sulfide) groups is 1. The van der Waals surface area contributed by atoms with Gasteiger partial charge in [-0.05, 0) is 31.2 Å². The van der Waals surface area contributed by atoms with Crippen LogP contribution in [0.15, 0.2) is 29.4 Å². The number of rotatable bonds is 8. The highest BCUT2D eigenvalue weighted by atomic mass is 32.2. The van der Waals surface area contributed by atoms with Gasteiger partial charge >= 0.3 is 5.97 Å². The molecule has 146 valence electrons. The number of benzene rings is 1. The summed E-state index contributed by atoms with van der Waals surface area (Å²) in [4.78, 5) is 24.2. The Hall–Kier alpha value is -2.46. The molecule has 0 aliphatic heterocycles. The maximum absolute atomic E-state index is 13.3. The molecular weight excluding hydrogens is 373 g/mol. The third-order valence-electron chi connectivity index (χ3n) is 3.99. The van der Waals surface area contributed by atoms with Crippen LogP contribution >= 0.6 is 11.8 Å². The van der Waals surface area contributed by atoms with Crippen molar-refractivity contribution in [3.8, 4) is 5.69 Å². The Kier molecular flexibility index (Phi) is 7.31. The lowest BCUT2D eigenvalue weighted by molar-refractivity contribution is -0.890. The molecule has 1 atom stereocenters. The van der Waals surface area contributed by atoms with E-state index in [-0.39, 0.29) is 30.1 Å². The zero-order chi connectivity index (χ0) is 20.0. The minimum absolute atomic E-state index is 0.0325. The van der Waals surface area contributed by atoms with E-state index in [0.29, 0.717) is 16.7 Å². The Morgan fingerprint density at radius 3 is 2.56 bits per heavy atom. The van der Waals surface area contributed by atoms with E-state index in [0.717, 1.165) is 4.90 Å². The van der Waals surface area contributed by atoms with Crippen LogP contribution in [0.1, 0.15) is 18.8 Å². The summed E-state index contributed by atoms with van der Waals surface area (Å²) in [6.07, 6.45) is 0. The number of carbonyl (C=O) groups excluding carboxylic acids is 2. The molecule has 2 N–H and O–H groups in total. The van der Waals surface area contributed by atoms with E-state index in [1.54, 1.807) is 12.1 Å². The summed E-state index contributed by atoms with van der Waals surface area (Å²) in [5.41, 5.74) is 0.710. The standard InChI is InChI=1S/C17H22FN5O3S/c1-11(22(2)3)16-20-21-17(23(16)13-7-5-12(18)6-8-13)27-10-14(24)19-9-15(25)26-4/h5-8,11H,9-10H2,1-4H3,(H,19,24)/p+1/t11-/m1/s1. The Labute approximate surface area is 161 Å². The summed E-state index contributed by atoms with van der Waals surface area (Å²) < 4.78 is 19.6. The number of nitrogens with zero attached hydrogens (tertiary/aromatic N) is 3. The first kappa shape index (κ1) is 20.8. The first-order chi connectivity index (χ1) is 12.8. The van der Waals surface area contributed by atoms with Crippen molar-refractivity contribution >= 4 is 23.6 Å². The number of ether oxygens (including phenoxy) is 1. The molecule has 0 bridgehead atoms. The fourth-order valence-corrected chi connectivity index (χ4v) is 2.96. The van der Waals surface area contributed by atoms with Gasteiger partial charge in [0.05, 0.1) is 27.0 Å². The number of methoxy groups -OCH3 is 1. The summed E-state index contributed by atoms with van der Waals surface area (Å²) in [5, 5.41) is 11.5. The average Bonchev–Trinajstić information content (AvgIpc) is 3.08. The lowest BCUT2D eigenvalue weighted by Crippen LogP contribution is -3.05. The van der Waals surface area contributed by atoms with Crippen LogP contribution in [-0.2, 0) is 14.3 Å². The minimum atomic E-state index is -0.520. The van der Waals surface area contributed by atoms with E-state index in [2.05, 4.69) is 20.3 Å². The van der Waals surface area contributed by atoms with Crippen LogP contribution in [0.25, 0.3) is 5.69 Å². The molecule has 0 fully saturated rings. The second-order valence-electron chi connectivity index (χ2n) is 6.09. The molecule has 0 saturated carbocycles. The van der Waals surface area contributed by atoms with Crippen LogP contribution in [0, 0.1) is 5.82 Å². The van der Waals surface area contributed by atoms with Gasteiger partial charge in [0.2, 0.25) is 5.91 Å². The van der Waals surface area contributed by atoms with Gasteiger partial charge in [-0.15, -0.1) is 10.2 Å². The van der Waals surface area contributed by atoms with Crippen molar-refractivity contribution in [3.63, 3.8) is 0 Å². The van der Waals surface area contributed by atoms with Gasteiger partial charge in [0.1, 0.15) is 18.4 Å². The number of aromatic nitrogens is 3. The summed E-state index contributed by atoms with van der Waals surface area (Å²) >= 11 is 1.19. The fourth-order valence-electron chi connectivity index (χ4n) is 2.17. The third-order valence-corrected chi connectivity index (χ3v) is 4.92. The molecular formula is C17H23FN5O3S+. The van der Waals surface area contributed by atoms with Crippen LogP contribution in [0.3, 0.4) is 0 Å². The smallest absolute Gasteiger partial charge is 0.325 e. The Morgan fingerprint density at radius 2 is 1.96 bits per heavy atom. The van der Waals surface area contributed by atoms with Crippen LogP contribution in [0.4, 0.5) is 4.39 Å². The normalized spacial score (nSPS) is 12.1. The number of nitrogens with one attached hydrogen (secondary N) is 2. The molecule has 0 radical (unpaired) electrons. The van der Waals surface area contributed by atoms with Gasteiger partial charge in [0, 0.05) is 5.69 Å². The van der Waals surface area contributed by atoms with Crippen molar-refractivity contribution < 1.29 is 23.6 Å². The number of carbonyl (C=O) groups is 2. The van der Waals surface area contributed by atoms with Crippen LogP contribution in [0.5, 0.6) is 0 Å². The van der Waals surface area contributed by atoms with Crippen molar-refractivity contribution in [3.05, 3.63) is 35.9 Å². The van der Waals surface area contributed by atoms with Crippen molar-refractivity contribution in [1.29, 1.82) is 0 Å². The molecule has 1 heterocycles. The van der Waals surface area contributed by atoms with Gasteiger partial charge < -0.3 is 15.0 Å². The molecule has 1 aromatic carbocycles. The Balaban J connectivity index is 2.22. The predicted molar refractivity (Wildman–Crippen MR) is 98.3 cm³/mol. The van der Waals surface area contributed by atoms with E-state index in [4.69, 9.17) is 0 Å². The zero-order valence-electron chi connectivity index (χ0n) is 15.7. The molecule has 1 aromatic heterocycles. The van der Waals surface area contributed by atoms with Gasteiger partial charge in [-0.2, -0.15) is 0 Å². The first-order valence-electron chi connectivity index (χ1n) is 8.31. The maximum atomic E-state index is 13.3. The predicted octanol–water partition coefficient (Wildman–Crippen LogP) is -0.00680. The van der Waals surface area contributed by atoms with E-state index in [9.17, 15) is 14.0 Å². The van der Waals surface area contributed by atoms with Crippen LogP contribution in [-0.4, -0.2) is 60.1 Å². The van der Waals surface area contributed by atoms with Gasteiger partial charge in [-0.1, -0.05) is 11.8 Å². The van der Waals surface area contributed by atoms with E-state index in [1.807, 2.05) is 25.6 Å². The average molecular weight is 396 g/mol. The fraction of sp³-hybridized carbons (Fsp3) is 0.412. The SMILES string of the molecule is COC(=O)CNC(=O)CSc1nnc([C@@H](C)[NH+](C)C)n1-c1ccc(F)cc1. The minimum Gasteiger partial charge on any atom is -0.468 e. The summed E-state index contributed by atoms with van der Waals surface area (Å²) in [5.74, 6) is -0.422. The number of esters is 1. The number of amides is 1. The monoisotopic (exact) mass is 396 g/mol. The quantitative estimate of drug-likeness (QED) is 0.482. The van der Waals surface area contributed by atoms with E-state index in [1.165, 1.54) is 31.0 Å². The van der Waals surface area contributed by atoms with Gasteiger partial charge in [0.25, 0.3) is 0 Å². The summed E-state index contributed by atoms with van der Waals surface area (Å²) in [7, 11) is 5.26. The highest BCUT2D eigenvalue weighted by Gasteiger charge is 2.24. The number of hydrogen-bond acceptors (Lipinski definition) is 6. The van der Waals surface area contributed by atoms with Gasteiger partial charge in [-0.25, -0.2) is 4.39 Å². The highest BCUT2D eigenvalue weighted by Crippen LogP contribution is 2.24. The zero-order valence-corrected chi connectivity index (χ0v) is 16.5. The second-order valence-corrected chi connectivity index (χ2v) is 7.04. The topological polar surface area (TPSA) is 90.5 Å². The molecule has 2 rings (SSSR count). The molecule has 0 spiro atoms. The Morgan fingerprint density at radius 1 is 1.30 bits per heavy atom. The van der Waals surface area contributed by atoms with Crippen molar-refractivity contribution in [2.45, 2.75) is 18.1 Å². The number of hydrogen-bond donors (Lipinski definition) is 2. The lowest BCUT2D eigenvalue weighted by atomic mass is 10.2. The van der Waals surface area contributed by atoms with Crippen LogP contribution in [0.2, 0.25) is 0 Å². The highest BCUT2D eigenvalue weighted by molar-refractivity contribution is 7.99. The first-order valence-corrected chi connectivity index (χ1v) is 9.29. The molecule has 10 heteroatoms. The summed E-state index contributed by atoms with van der Waals surface area (Å²) in [6.45, 7) is 1.82. The molecule has 2 aromatic rings. The number of quaternary nitrogens is 1. The molecule has 8 nitrogen and oxygen atoms in total. The second kappa shape index (κ2) is 9.47. The van der Waals surface area contributed by atoms with E-state index < -0.39 is 5.97 Å². The van der Waals surface area contributed by atoms with Crippen molar-refractivity contribution in [2.75, 3.05) is 33.5 Å². The lowest BCUT2D eigenvalue weighted by Gasteiger charge is -2.18. The van der Waals surface area contributed by atoms with E-state index >= 15 is 0 Å².